The van der Waals surface area contributed by atoms with Gasteiger partial charge in [0, 0.05) is 22.6 Å². The average Bonchev–Trinajstić information content (AvgIpc) is 3.23. The predicted octanol–water partition coefficient (Wildman–Crippen LogP) is 6.14. The van der Waals surface area contributed by atoms with E-state index in [1.54, 1.807) is 30.3 Å². The maximum Gasteiger partial charge on any atom is 0.300 e. The summed E-state index contributed by atoms with van der Waals surface area (Å²) in [7, 11) is 0. The SMILES string of the molecule is Cc1cccc(C2/C(=C(/O)c3ccc4c(c3)OCCO4)C(=O)C(=O)N2c2ccc(Nc3ccccc3)cc2)c1. The Kier molecular flexibility index (Phi) is 6.25. The molecule has 0 aromatic heterocycles. The highest BCUT2D eigenvalue weighted by Crippen LogP contribution is 2.43. The second-order valence-corrected chi connectivity index (χ2v) is 9.48. The summed E-state index contributed by atoms with van der Waals surface area (Å²) in [5.74, 6) is -0.669. The molecule has 2 heterocycles. The van der Waals surface area contributed by atoms with E-state index in [9.17, 15) is 14.7 Å². The number of ether oxygens (including phenoxy) is 2. The van der Waals surface area contributed by atoms with Crippen LogP contribution in [0.3, 0.4) is 0 Å². The minimum absolute atomic E-state index is 0.0220. The zero-order valence-corrected chi connectivity index (χ0v) is 21.3. The van der Waals surface area contributed by atoms with Crippen LogP contribution in [0.4, 0.5) is 17.1 Å². The van der Waals surface area contributed by atoms with Crippen molar-refractivity contribution >= 4 is 34.5 Å². The number of nitrogens with zero attached hydrogens (tertiary/aromatic N) is 1. The molecule has 7 heteroatoms. The van der Waals surface area contributed by atoms with Gasteiger partial charge in [0.05, 0.1) is 11.6 Å². The molecule has 2 N–H and O–H groups in total. The van der Waals surface area contributed by atoms with Crippen LogP contribution in [0.5, 0.6) is 11.5 Å². The zero-order chi connectivity index (χ0) is 26.9. The smallest absolute Gasteiger partial charge is 0.300 e. The molecule has 1 atom stereocenters. The number of carbonyl (C=O) groups is 2. The minimum Gasteiger partial charge on any atom is -0.507 e. The maximum atomic E-state index is 13.5. The van der Waals surface area contributed by atoms with Gasteiger partial charge in [0.25, 0.3) is 11.7 Å². The standard InChI is InChI=1S/C32H26N2O5/c1-20-6-5-7-21(18-20)29-28(30(35)22-10-15-26-27(19-22)39-17-16-38-26)31(36)32(37)34(29)25-13-11-24(12-14-25)33-23-8-3-2-4-9-23/h2-15,18-19,29,33,35H,16-17H2,1H3/b30-28-. The fourth-order valence-electron chi connectivity index (χ4n) is 4.99. The van der Waals surface area contributed by atoms with Crippen LogP contribution in [-0.4, -0.2) is 30.0 Å². The molecule has 1 amide bonds. The van der Waals surface area contributed by atoms with Crippen molar-refractivity contribution in [3.8, 4) is 11.5 Å². The highest BCUT2D eigenvalue weighted by atomic mass is 16.6. The first-order chi connectivity index (χ1) is 19.0. The minimum atomic E-state index is -0.814. The molecule has 4 aromatic carbocycles. The average molecular weight is 519 g/mol. The third-order valence-electron chi connectivity index (χ3n) is 6.83. The molecule has 1 unspecified atom stereocenters. The van der Waals surface area contributed by atoms with Crippen LogP contribution in [0.25, 0.3) is 5.76 Å². The number of para-hydroxylation sites is 1. The summed E-state index contributed by atoms with van der Waals surface area (Å²) in [6.07, 6.45) is 0. The van der Waals surface area contributed by atoms with Gasteiger partial charge in [0.15, 0.2) is 11.5 Å². The van der Waals surface area contributed by atoms with Crippen molar-refractivity contribution < 1.29 is 24.2 Å². The Hall–Kier alpha value is -5.04. The highest BCUT2D eigenvalue weighted by molar-refractivity contribution is 6.51. The number of nitrogens with one attached hydrogen (secondary N) is 1. The molecular weight excluding hydrogens is 492 g/mol. The molecular formula is C32H26N2O5. The van der Waals surface area contributed by atoms with E-state index in [4.69, 9.17) is 9.47 Å². The molecule has 0 radical (unpaired) electrons. The van der Waals surface area contributed by atoms with Crippen molar-refractivity contribution in [2.75, 3.05) is 23.4 Å². The van der Waals surface area contributed by atoms with Crippen LogP contribution in [0.2, 0.25) is 0 Å². The van der Waals surface area contributed by atoms with Gasteiger partial charge in [-0.3, -0.25) is 14.5 Å². The topological polar surface area (TPSA) is 88.1 Å². The van der Waals surface area contributed by atoms with Crippen LogP contribution >= 0.6 is 0 Å². The summed E-state index contributed by atoms with van der Waals surface area (Å²) in [5, 5.41) is 14.8. The molecule has 0 spiro atoms. The normalized spacial score (nSPS) is 17.8. The van der Waals surface area contributed by atoms with Gasteiger partial charge in [-0.05, 0) is 67.1 Å². The quantitative estimate of drug-likeness (QED) is 0.188. The van der Waals surface area contributed by atoms with E-state index in [0.29, 0.717) is 36.0 Å². The van der Waals surface area contributed by atoms with E-state index >= 15 is 0 Å². The van der Waals surface area contributed by atoms with Crippen molar-refractivity contribution in [3.63, 3.8) is 0 Å². The number of rotatable bonds is 5. The predicted molar refractivity (Wildman–Crippen MR) is 150 cm³/mol. The van der Waals surface area contributed by atoms with Gasteiger partial charge in [0.2, 0.25) is 0 Å². The fourth-order valence-corrected chi connectivity index (χ4v) is 4.99. The van der Waals surface area contributed by atoms with E-state index in [1.807, 2.05) is 73.7 Å². The highest BCUT2D eigenvalue weighted by Gasteiger charge is 2.47. The monoisotopic (exact) mass is 518 g/mol. The lowest BCUT2D eigenvalue weighted by atomic mass is 9.94. The Bertz CT molecular complexity index is 1590. The van der Waals surface area contributed by atoms with Gasteiger partial charge >= 0.3 is 0 Å². The van der Waals surface area contributed by atoms with Crippen molar-refractivity contribution in [2.24, 2.45) is 0 Å². The van der Waals surface area contributed by atoms with E-state index in [2.05, 4.69) is 5.32 Å². The van der Waals surface area contributed by atoms with Gasteiger partial charge in [-0.15, -0.1) is 0 Å². The molecule has 0 aliphatic carbocycles. The fraction of sp³-hybridized carbons (Fsp3) is 0.125. The van der Waals surface area contributed by atoms with Crippen molar-refractivity contribution in [2.45, 2.75) is 13.0 Å². The summed E-state index contributed by atoms with van der Waals surface area (Å²) in [4.78, 5) is 28.4. The number of fused-ring (bicyclic) bond motifs is 1. The number of aliphatic hydroxyl groups excluding tert-OH is 1. The number of hydrogen-bond acceptors (Lipinski definition) is 6. The van der Waals surface area contributed by atoms with Crippen LogP contribution in [-0.2, 0) is 9.59 Å². The second-order valence-electron chi connectivity index (χ2n) is 9.48. The third-order valence-corrected chi connectivity index (χ3v) is 6.83. The number of aliphatic hydroxyl groups is 1. The summed E-state index contributed by atoms with van der Waals surface area (Å²) < 4.78 is 11.3. The van der Waals surface area contributed by atoms with Crippen molar-refractivity contribution in [1.29, 1.82) is 0 Å². The number of ketones is 1. The molecule has 39 heavy (non-hydrogen) atoms. The summed E-state index contributed by atoms with van der Waals surface area (Å²) in [5.41, 5.74) is 4.41. The Morgan fingerprint density at radius 1 is 0.821 bits per heavy atom. The lowest BCUT2D eigenvalue weighted by molar-refractivity contribution is -0.132. The molecule has 2 aliphatic heterocycles. The molecule has 2 aliphatic rings. The molecule has 0 bridgehead atoms. The van der Waals surface area contributed by atoms with Crippen molar-refractivity contribution in [1.82, 2.24) is 0 Å². The number of anilines is 3. The van der Waals surface area contributed by atoms with Crippen LogP contribution in [0, 0.1) is 6.92 Å². The number of aryl methyl sites for hydroxylation is 1. The first-order valence-electron chi connectivity index (χ1n) is 12.7. The van der Waals surface area contributed by atoms with Gasteiger partial charge in [0.1, 0.15) is 19.0 Å². The van der Waals surface area contributed by atoms with Gasteiger partial charge in [-0.2, -0.15) is 0 Å². The largest absolute Gasteiger partial charge is 0.507 e. The van der Waals surface area contributed by atoms with E-state index in [1.165, 1.54) is 4.90 Å². The molecule has 6 rings (SSSR count). The number of Topliss-reactive ketones (excluding diaryl/α,β-unsaturated/α-hetero) is 1. The zero-order valence-electron chi connectivity index (χ0n) is 21.3. The molecule has 4 aromatic rings. The number of amides is 1. The number of benzene rings is 4. The summed E-state index contributed by atoms with van der Waals surface area (Å²) >= 11 is 0. The molecule has 1 fully saturated rings. The first-order valence-corrected chi connectivity index (χ1v) is 12.7. The molecule has 1 saturated heterocycles. The number of hydrogen-bond donors (Lipinski definition) is 2. The van der Waals surface area contributed by atoms with Gasteiger partial charge in [-0.25, -0.2) is 0 Å². The van der Waals surface area contributed by atoms with Gasteiger partial charge < -0.3 is 19.9 Å². The summed E-state index contributed by atoms with van der Waals surface area (Å²) in [6, 6.07) is 28.8. The second kappa shape index (κ2) is 10.0. The lowest BCUT2D eigenvalue weighted by Gasteiger charge is -2.26. The Morgan fingerprint density at radius 2 is 1.54 bits per heavy atom. The lowest BCUT2D eigenvalue weighted by Crippen LogP contribution is -2.29. The molecule has 194 valence electrons. The van der Waals surface area contributed by atoms with Gasteiger partial charge in [-0.1, -0.05) is 48.0 Å². The van der Waals surface area contributed by atoms with E-state index in [0.717, 1.165) is 22.5 Å². The Labute approximate surface area is 225 Å². The van der Waals surface area contributed by atoms with E-state index in [-0.39, 0.29) is 11.3 Å². The van der Waals surface area contributed by atoms with Crippen LogP contribution in [0.1, 0.15) is 22.7 Å². The molecule has 7 nitrogen and oxygen atoms in total. The summed E-state index contributed by atoms with van der Waals surface area (Å²) in [6.45, 7) is 2.77. The third kappa shape index (κ3) is 4.59. The van der Waals surface area contributed by atoms with Crippen molar-refractivity contribution in [3.05, 3.63) is 119 Å². The Morgan fingerprint density at radius 3 is 2.28 bits per heavy atom. The number of carbonyl (C=O) groups excluding carboxylic acids is 2. The first kappa shape index (κ1) is 24.3. The van der Waals surface area contributed by atoms with Crippen LogP contribution in [0.15, 0.2) is 103 Å². The molecule has 0 saturated carbocycles. The Balaban J connectivity index is 1.43. The maximum absolute atomic E-state index is 13.5. The van der Waals surface area contributed by atoms with E-state index < -0.39 is 17.7 Å². The van der Waals surface area contributed by atoms with Crippen LogP contribution < -0.4 is 19.7 Å².